The van der Waals surface area contributed by atoms with Gasteiger partial charge in [0.15, 0.2) is 5.78 Å². The number of carbonyl (C=O) groups excluding carboxylic acids is 1. The molecule has 2 N–H and O–H groups in total. The molecular weight excluding hydrogens is 229 g/mol. The molecule has 0 aliphatic heterocycles. The van der Waals surface area contributed by atoms with E-state index in [9.17, 15) is 9.18 Å². The number of halogens is 1. The smallest absolute Gasteiger partial charge is 0.187 e. The molecule has 0 fully saturated rings. The number of hydrogen-bond acceptors (Lipinski definition) is 2. The fourth-order valence-electron chi connectivity index (χ4n) is 1.60. The molecule has 18 heavy (non-hydrogen) atoms. The second kappa shape index (κ2) is 5.27. The summed E-state index contributed by atoms with van der Waals surface area (Å²) in [7, 11) is 0. The Morgan fingerprint density at radius 3 is 2.28 bits per heavy atom. The van der Waals surface area contributed by atoms with Gasteiger partial charge in [-0.05, 0) is 12.1 Å². The van der Waals surface area contributed by atoms with E-state index in [1.807, 2.05) is 6.07 Å². The predicted molar refractivity (Wildman–Crippen MR) is 69.3 cm³/mol. The Balaban J connectivity index is 2.30. The highest BCUT2D eigenvalue weighted by atomic mass is 19.1. The number of nitrogens with two attached hydrogens (primary N) is 1. The molecule has 0 amide bonds. The van der Waals surface area contributed by atoms with E-state index in [0.717, 1.165) is 0 Å². The topological polar surface area (TPSA) is 43.1 Å². The zero-order valence-corrected chi connectivity index (χ0v) is 9.64. The first-order chi connectivity index (χ1) is 8.68. The van der Waals surface area contributed by atoms with Crippen LogP contribution in [-0.2, 0) is 0 Å². The van der Waals surface area contributed by atoms with E-state index in [-0.39, 0.29) is 17.0 Å². The monoisotopic (exact) mass is 241 g/mol. The van der Waals surface area contributed by atoms with Gasteiger partial charge >= 0.3 is 0 Å². The fraction of sp³-hybridized carbons (Fsp3) is 0. The molecule has 0 aliphatic carbocycles. The van der Waals surface area contributed by atoms with Gasteiger partial charge in [0, 0.05) is 22.9 Å². The summed E-state index contributed by atoms with van der Waals surface area (Å²) in [5, 5.41) is 0. The van der Waals surface area contributed by atoms with Crippen molar-refractivity contribution >= 4 is 11.5 Å². The van der Waals surface area contributed by atoms with Gasteiger partial charge in [-0.25, -0.2) is 4.39 Å². The lowest BCUT2D eigenvalue weighted by molar-refractivity contribution is 0.104. The molecule has 2 rings (SSSR count). The summed E-state index contributed by atoms with van der Waals surface area (Å²) in [6.07, 6.45) is 1.24. The third kappa shape index (κ3) is 2.63. The molecule has 0 atom stereocenters. The Labute approximate surface area is 105 Å². The fourth-order valence-corrected chi connectivity index (χ4v) is 1.60. The van der Waals surface area contributed by atoms with Crippen LogP contribution < -0.4 is 5.73 Å². The maximum absolute atomic E-state index is 13.5. The summed E-state index contributed by atoms with van der Waals surface area (Å²) >= 11 is 0. The highest BCUT2D eigenvalue weighted by Gasteiger charge is 2.07. The van der Waals surface area contributed by atoms with Crippen LogP contribution in [0.3, 0.4) is 0 Å². The van der Waals surface area contributed by atoms with E-state index in [2.05, 4.69) is 0 Å². The maximum Gasteiger partial charge on any atom is 0.187 e. The van der Waals surface area contributed by atoms with Crippen LogP contribution in [0.5, 0.6) is 0 Å². The molecule has 0 saturated heterocycles. The molecule has 2 aromatic carbocycles. The minimum atomic E-state index is -0.438. The van der Waals surface area contributed by atoms with Gasteiger partial charge in [-0.2, -0.15) is 0 Å². The number of rotatable bonds is 3. The average Bonchev–Trinajstić information content (AvgIpc) is 2.40. The lowest BCUT2D eigenvalue weighted by atomic mass is 10.1. The Morgan fingerprint density at radius 2 is 1.61 bits per heavy atom. The lowest BCUT2D eigenvalue weighted by Gasteiger charge is -2.03. The van der Waals surface area contributed by atoms with Crippen LogP contribution in [0.1, 0.15) is 15.9 Å². The number of benzene rings is 2. The molecule has 2 nitrogen and oxygen atoms in total. The van der Waals surface area contributed by atoms with Crippen LogP contribution >= 0.6 is 0 Å². The van der Waals surface area contributed by atoms with Crippen LogP contribution in [0.25, 0.3) is 5.70 Å². The van der Waals surface area contributed by atoms with Crippen molar-refractivity contribution in [1.82, 2.24) is 0 Å². The summed E-state index contributed by atoms with van der Waals surface area (Å²) < 4.78 is 13.5. The van der Waals surface area contributed by atoms with Gasteiger partial charge in [-0.1, -0.05) is 42.5 Å². The van der Waals surface area contributed by atoms with Crippen molar-refractivity contribution in [3.63, 3.8) is 0 Å². The first-order valence-corrected chi connectivity index (χ1v) is 5.50. The van der Waals surface area contributed by atoms with Gasteiger partial charge in [0.25, 0.3) is 0 Å². The zero-order chi connectivity index (χ0) is 13.0. The van der Waals surface area contributed by atoms with Crippen molar-refractivity contribution in [2.45, 2.75) is 0 Å². The van der Waals surface area contributed by atoms with Crippen molar-refractivity contribution in [3.8, 4) is 0 Å². The van der Waals surface area contributed by atoms with Crippen molar-refractivity contribution in [1.29, 1.82) is 0 Å². The molecule has 0 heterocycles. The van der Waals surface area contributed by atoms with E-state index in [1.165, 1.54) is 12.1 Å². The van der Waals surface area contributed by atoms with Crippen molar-refractivity contribution in [2.24, 2.45) is 5.73 Å². The summed E-state index contributed by atoms with van der Waals surface area (Å²) in [5.41, 5.74) is 6.62. The van der Waals surface area contributed by atoms with Gasteiger partial charge in [0.2, 0.25) is 0 Å². The number of allylic oxidation sites excluding steroid dienone is 1. The van der Waals surface area contributed by atoms with Crippen LogP contribution in [-0.4, -0.2) is 5.78 Å². The van der Waals surface area contributed by atoms with Crippen LogP contribution in [0.2, 0.25) is 0 Å². The highest BCUT2D eigenvalue weighted by Crippen LogP contribution is 2.14. The first-order valence-electron chi connectivity index (χ1n) is 5.50. The third-order valence-electron chi connectivity index (χ3n) is 2.53. The molecule has 2 aromatic rings. The van der Waals surface area contributed by atoms with Gasteiger partial charge in [-0.3, -0.25) is 4.79 Å². The SMILES string of the molecule is N/C(=C\C(=O)c1ccccc1)c1ccccc1F. The number of ketones is 1. The first kappa shape index (κ1) is 12.0. The minimum Gasteiger partial charge on any atom is -0.398 e. The summed E-state index contributed by atoms with van der Waals surface area (Å²) in [6, 6.07) is 14.8. The van der Waals surface area contributed by atoms with Crippen molar-refractivity contribution in [3.05, 3.63) is 77.6 Å². The minimum absolute atomic E-state index is 0.127. The Bertz CT molecular complexity index is 590. The van der Waals surface area contributed by atoms with Crippen LogP contribution in [0.15, 0.2) is 60.7 Å². The van der Waals surface area contributed by atoms with E-state index in [0.29, 0.717) is 5.56 Å². The van der Waals surface area contributed by atoms with Crippen LogP contribution in [0.4, 0.5) is 4.39 Å². The van der Waals surface area contributed by atoms with Crippen LogP contribution in [0, 0.1) is 5.82 Å². The van der Waals surface area contributed by atoms with Crippen molar-refractivity contribution in [2.75, 3.05) is 0 Å². The van der Waals surface area contributed by atoms with Crippen molar-refractivity contribution < 1.29 is 9.18 Å². The molecule has 0 aliphatic rings. The highest BCUT2D eigenvalue weighted by molar-refractivity contribution is 6.08. The second-order valence-electron chi connectivity index (χ2n) is 3.81. The molecule has 0 bridgehead atoms. The van der Waals surface area contributed by atoms with Gasteiger partial charge < -0.3 is 5.73 Å². The largest absolute Gasteiger partial charge is 0.398 e. The van der Waals surface area contributed by atoms with E-state index < -0.39 is 5.82 Å². The van der Waals surface area contributed by atoms with E-state index in [1.54, 1.807) is 42.5 Å². The predicted octanol–water partition coefficient (Wildman–Crippen LogP) is 3.01. The summed E-state index contributed by atoms with van der Waals surface area (Å²) in [5.74, 6) is -0.677. The molecule has 0 spiro atoms. The lowest BCUT2D eigenvalue weighted by Crippen LogP contribution is -2.03. The molecular formula is C15H12FNO. The normalized spacial score (nSPS) is 11.3. The maximum atomic E-state index is 13.5. The molecule has 0 aromatic heterocycles. The molecule has 0 saturated carbocycles. The van der Waals surface area contributed by atoms with Gasteiger partial charge in [0.05, 0.1) is 0 Å². The Kier molecular flexibility index (Phi) is 3.53. The molecule has 0 radical (unpaired) electrons. The average molecular weight is 241 g/mol. The quantitative estimate of drug-likeness (QED) is 0.663. The standard InChI is InChI=1S/C15H12FNO/c16-13-9-5-4-8-12(13)14(17)10-15(18)11-6-2-1-3-7-11/h1-10H,17H2/b14-10-. The summed E-state index contributed by atoms with van der Waals surface area (Å²) in [6.45, 7) is 0. The molecule has 90 valence electrons. The third-order valence-corrected chi connectivity index (χ3v) is 2.53. The number of carbonyl (C=O) groups is 1. The van der Waals surface area contributed by atoms with E-state index in [4.69, 9.17) is 5.73 Å². The van der Waals surface area contributed by atoms with Gasteiger partial charge in [0.1, 0.15) is 5.82 Å². The molecule has 3 heteroatoms. The zero-order valence-electron chi connectivity index (χ0n) is 9.64. The Hall–Kier alpha value is -2.42. The second-order valence-corrected chi connectivity index (χ2v) is 3.81. The number of hydrogen-bond donors (Lipinski definition) is 1. The van der Waals surface area contributed by atoms with E-state index >= 15 is 0 Å². The summed E-state index contributed by atoms with van der Waals surface area (Å²) in [4.78, 5) is 11.9. The van der Waals surface area contributed by atoms with Gasteiger partial charge in [-0.15, -0.1) is 0 Å². The Morgan fingerprint density at radius 1 is 1.00 bits per heavy atom. The molecule has 0 unspecified atom stereocenters.